The molecule has 0 N–H and O–H groups in total. The van der Waals surface area contributed by atoms with Gasteiger partial charge in [0.2, 0.25) is 0 Å². The Morgan fingerprint density at radius 3 is 2.58 bits per heavy atom. The summed E-state index contributed by atoms with van der Waals surface area (Å²) in [6, 6.07) is 0. The maximum absolute atomic E-state index is 10.9. The fourth-order valence-corrected chi connectivity index (χ4v) is 2.54. The zero-order valence-corrected chi connectivity index (χ0v) is 8.74. The Hall–Kier alpha value is 0.200. The second-order valence-electron chi connectivity index (χ2n) is 3.38. The first kappa shape index (κ1) is 10.3. The van der Waals surface area contributed by atoms with Gasteiger partial charge in [-0.05, 0) is 25.2 Å². The molecule has 1 saturated heterocycles. The predicted molar refractivity (Wildman–Crippen MR) is 49.4 cm³/mol. The summed E-state index contributed by atoms with van der Waals surface area (Å²) in [4.78, 5) is 0. The van der Waals surface area contributed by atoms with Crippen molar-refractivity contribution in [2.75, 3.05) is 13.1 Å². The van der Waals surface area contributed by atoms with Crippen molar-refractivity contribution < 1.29 is 8.42 Å². The highest BCUT2D eigenvalue weighted by Gasteiger charge is 2.22. The summed E-state index contributed by atoms with van der Waals surface area (Å²) >= 11 is 0. The molecule has 0 radical (unpaired) electrons. The Morgan fingerprint density at radius 1 is 1.33 bits per heavy atom. The molecule has 0 amide bonds. The van der Waals surface area contributed by atoms with Crippen LogP contribution in [0.25, 0.3) is 0 Å². The van der Waals surface area contributed by atoms with Gasteiger partial charge in [-0.15, -0.1) is 0 Å². The van der Waals surface area contributed by atoms with Crippen molar-refractivity contribution >= 4 is 19.9 Å². The maximum Gasteiger partial charge on any atom is 0.299 e. The fourth-order valence-electron chi connectivity index (χ4n) is 1.45. The van der Waals surface area contributed by atoms with Crippen LogP contribution >= 0.6 is 10.7 Å². The number of halogens is 1. The molecule has 1 unspecified atom stereocenters. The molecule has 12 heavy (non-hydrogen) atoms. The zero-order chi connectivity index (χ0) is 9.19. The van der Waals surface area contributed by atoms with Crippen LogP contribution in [0.4, 0.5) is 0 Å². The minimum Gasteiger partial charge on any atom is -0.195 e. The Balaban J connectivity index is 2.58. The van der Waals surface area contributed by atoms with Crippen LogP contribution in [0.15, 0.2) is 0 Å². The first-order valence-corrected chi connectivity index (χ1v) is 6.46. The van der Waals surface area contributed by atoms with Gasteiger partial charge in [0.1, 0.15) is 0 Å². The van der Waals surface area contributed by atoms with Crippen LogP contribution < -0.4 is 0 Å². The van der Waals surface area contributed by atoms with Crippen molar-refractivity contribution in [3.8, 4) is 0 Å². The summed E-state index contributed by atoms with van der Waals surface area (Å²) in [6.07, 6.45) is 2.95. The van der Waals surface area contributed by atoms with E-state index in [4.69, 9.17) is 10.7 Å². The van der Waals surface area contributed by atoms with Gasteiger partial charge in [-0.25, -0.2) is 0 Å². The van der Waals surface area contributed by atoms with E-state index in [2.05, 4.69) is 6.92 Å². The molecule has 1 heterocycles. The standard InChI is InChI=1S/C7H14ClNO2S/c1-7-3-2-5-9(6-4-7)12(8,10)11/h7H,2-6H2,1H3. The van der Waals surface area contributed by atoms with Gasteiger partial charge in [0.25, 0.3) is 9.24 Å². The van der Waals surface area contributed by atoms with Crippen molar-refractivity contribution in [2.45, 2.75) is 26.2 Å². The Bertz CT molecular complexity index is 240. The van der Waals surface area contributed by atoms with Gasteiger partial charge < -0.3 is 0 Å². The molecule has 0 aromatic carbocycles. The number of nitrogens with zero attached hydrogens (tertiary/aromatic N) is 1. The topological polar surface area (TPSA) is 37.4 Å². The monoisotopic (exact) mass is 211 g/mol. The third-order valence-corrected chi connectivity index (χ3v) is 3.85. The molecule has 1 aliphatic heterocycles. The Labute approximate surface area is 78.3 Å². The zero-order valence-electron chi connectivity index (χ0n) is 7.16. The largest absolute Gasteiger partial charge is 0.299 e. The van der Waals surface area contributed by atoms with Crippen molar-refractivity contribution in [1.82, 2.24) is 4.31 Å². The van der Waals surface area contributed by atoms with E-state index in [1.165, 1.54) is 4.31 Å². The molecule has 0 aliphatic carbocycles. The minimum absolute atomic E-state index is 0.576. The highest BCUT2D eigenvalue weighted by Crippen LogP contribution is 2.19. The van der Waals surface area contributed by atoms with Crippen molar-refractivity contribution in [2.24, 2.45) is 5.92 Å². The summed E-state index contributed by atoms with van der Waals surface area (Å²) in [5.74, 6) is 0.619. The normalized spacial score (nSPS) is 28.3. The summed E-state index contributed by atoms with van der Waals surface area (Å²) < 4.78 is 23.2. The molecule has 1 atom stereocenters. The molecular weight excluding hydrogens is 198 g/mol. The lowest BCUT2D eigenvalue weighted by molar-refractivity contribution is 0.427. The van der Waals surface area contributed by atoms with Crippen LogP contribution in [0, 0.1) is 5.92 Å². The molecule has 72 valence electrons. The van der Waals surface area contributed by atoms with Gasteiger partial charge >= 0.3 is 0 Å². The number of hydrogen-bond donors (Lipinski definition) is 0. The highest BCUT2D eigenvalue weighted by molar-refractivity contribution is 8.11. The van der Waals surface area contributed by atoms with Crippen molar-refractivity contribution in [1.29, 1.82) is 0 Å². The smallest absolute Gasteiger partial charge is 0.195 e. The Kier molecular flexibility index (Phi) is 3.37. The molecule has 0 bridgehead atoms. The fraction of sp³-hybridized carbons (Fsp3) is 1.00. The van der Waals surface area contributed by atoms with Crippen LogP contribution in [-0.2, 0) is 9.24 Å². The molecule has 1 rings (SSSR count). The molecule has 1 aliphatic rings. The van der Waals surface area contributed by atoms with E-state index in [1.807, 2.05) is 0 Å². The lowest BCUT2D eigenvalue weighted by Crippen LogP contribution is -2.28. The van der Waals surface area contributed by atoms with Gasteiger partial charge in [-0.3, -0.25) is 0 Å². The lowest BCUT2D eigenvalue weighted by atomic mass is 10.0. The summed E-state index contributed by atoms with van der Waals surface area (Å²) in [7, 11) is 1.76. The van der Waals surface area contributed by atoms with E-state index >= 15 is 0 Å². The van der Waals surface area contributed by atoms with Crippen LogP contribution in [0.3, 0.4) is 0 Å². The van der Waals surface area contributed by atoms with E-state index < -0.39 is 9.24 Å². The highest BCUT2D eigenvalue weighted by atomic mass is 35.7. The number of rotatable bonds is 1. The van der Waals surface area contributed by atoms with Crippen LogP contribution in [0.1, 0.15) is 26.2 Å². The predicted octanol–water partition coefficient (Wildman–Crippen LogP) is 1.59. The molecule has 0 saturated carbocycles. The number of hydrogen-bond acceptors (Lipinski definition) is 2. The average Bonchev–Trinajstić information content (AvgIpc) is 2.11. The van der Waals surface area contributed by atoms with Crippen LogP contribution in [0.5, 0.6) is 0 Å². The summed E-state index contributed by atoms with van der Waals surface area (Å²) in [5.41, 5.74) is 0. The summed E-state index contributed by atoms with van der Waals surface area (Å²) in [6.45, 7) is 3.30. The third-order valence-electron chi connectivity index (χ3n) is 2.28. The van der Waals surface area contributed by atoms with Crippen LogP contribution in [0.2, 0.25) is 0 Å². The molecule has 0 spiro atoms. The van der Waals surface area contributed by atoms with Gasteiger partial charge in [-0.2, -0.15) is 12.7 Å². The summed E-state index contributed by atoms with van der Waals surface area (Å²) in [5, 5.41) is 0. The van der Waals surface area contributed by atoms with E-state index in [0.29, 0.717) is 19.0 Å². The first-order chi connectivity index (χ1) is 5.50. The lowest BCUT2D eigenvalue weighted by Gasteiger charge is -2.14. The second kappa shape index (κ2) is 3.94. The van der Waals surface area contributed by atoms with Gasteiger partial charge in [0.05, 0.1) is 0 Å². The van der Waals surface area contributed by atoms with Gasteiger partial charge in [0.15, 0.2) is 0 Å². The van der Waals surface area contributed by atoms with E-state index in [-0.39, 0.29) is 0 Å². The maximum atomic E-state index is 10.9. The van der Waals surface area contributed by atoms with Gasteiger partial charge in [0, 0.05) is 23.8 Å². The van der Waals surface area contributed by atoms with E-state index in [0.717, 1.165) is 19.3 Å². The molecule has 0 aromatic rings. The van der Waals surface area contributed by atoms with Crippen LogP contribution in [-0.4, -0.2) is 25.8 Å². The van der Waals surface area contributed by atoms with Crippen molar-refractivity contribution in [3.63, 3.8) is 0 Å². The Morgan fingerprint density at radius 2 is 2.00 bits per heavy atom. The van der Waals surface area contributed by atoms with Crippen molar-refractivity contribution in [3.05, 3.63) is 0 Å². The molecule has 0 aromatic heterocycles. The average molecular weight is 212 g/mol. The second-order valence-corrected chi connectivity index (χ2v) is 5.89. The van der Waals surface area contributed by atoms with Gasteiger partial charge in [-0.1, -0.05) is 6.92 Å². The minimum atomic E-state index is -3.47. The molecule has 3 nitrogen and oxygen atoms in total. The van der Waals surface area contributed by atoms with E-state index in [9.17, 15) is 8.42 Å². The molecule has 1 fully saturated rings. The van der Waals surface area contributed by atoms with E-state index in [1.54, 1.807) is 0 Å². The molecular formula is C7H14ClNO2S. The molecule has 5 heteroatoms. The quantitative estimate of drug-likeness (QED) is 0.618. The third kappa shape index (κ3) is 2.92. The first-order valence-electron chi connectivity index (χ1n) is 4.20. The SMILES string of the molecule is CC1CCCN(S(=O)(=O)Cl)CC1.